The minimum atomic E-state index is 0.903. The molecule has 0 atom stereocenters. The molecule has 0 saturated heterocycles. The number of benzene rings is 1. The predicted molar refractivity (Wildman–Crippen MR) is 49.0 cm³/mol. The highest BCUT2D eigenvalue weighted by molar-refractivity contribution is 5.41. The molecule has 62 valence electrons. The van der Waals surface area contributed by atoms with Gasteiger partial charge in [0.25, 0.3) is 0 Å². The fraction of sp³-hybridized carbons (Fsp3) is 0.455. The fourth-order valence-electron chi connectivity index (χ4n) is 2.13. The molecule has 2 aliphatic rings. The van der Waals surface area contributed by atoms with Gasteiger partial charge in [0.05, 0.1) is 0 Å². The first-order chi connectivity index (χ1) is 5.95. The lowest BCUT2D eigenvalue weighted by molar-refractivity contribution is 0.761. The smallest absolute Gasteiger partial charge is 0.0214 e. The quantitative estimate of drug-likeness (QED) is 0.662. The molecule has 3 rings (SSSR count). The SMILES string of the molecule is c1cc2c(c(C3CC3)c1)CNC2. The lowest BCUT2D eigenvalue weighted by Gasteiger charge is -2.04. The van der Waals surface area contributed by atoms with Crippen LogP contribution in [0.2, 0.25) is 0 Å². The molecule has 0 unspecified atom stereocenters. The summed E-state index contributed by atoms with van der Waals surface area (Å²) in [6, 6.07) is 6.77. The molecule has 0 aromatic heterocycles. The van der Waals surface area contributed by atoms with Gasteiger partial charge in [0.15, 0.2) is 0 Å². The molecule has 1 aromatic carbocycles. The largest absolute Gasteiger partial charge is 0.309 e. The fourth-order valence-corrected chi connectivity index (χ4v) is 2.13. The summed E-state index contributed by atoms with van der Waals surface area (Å²) in [6.07, 6.45) is 2.83. The third-order valence-electron chi connectivity index (χ3n) is 2.94. The lowest BCUT2D eigenvalue weighted by atomic mass is 10.0. The van der Waals surface area contributed by atoms with Gasteiger partial charge in [-0.3, -0.25) is 0 Å². The normalized spacial score (nSPS) is 21.0. The Hall–Kier alpha value is -0.820. The van der Waals surface area contributed by atoms with Crippen molar-refractivity contribution in [1.82, 2.24) is 5.32 Å². The summed E-state index contributed by atoms with van der Waals surface area (Å²) in [6.45, 7) is 2.18. The molecule has 0 amide bonds. The molecule has 1 aliphatic carbocycles. The molecule has 0 spiro atoms. The van der Waals surface area contributed by atoms with E-state index in [1.54, 1.807) is 11.1 Å². The van der Waals surface area contributed by atoms with Gasteiger partial charge in [0, 0.05) is 13.1 Å². The predicted octanol–water partition coefficient (Wildman–Crippen LogP) is 2.17. The Kier molecular flexibility index (Phi) is 1.30. The Bertz CT molecular complexity index is 313. The average molecular weight is 159 g/mol. The minimum Gasteiger partial charge on any atom is -0.309 e. The highest BCUT2D eigenvalue weighted by Crippen LogP contribution is 2.42. The van der Waals surface area contributed by atoms with Crippen molar-refractivity contribution < 1.29 is 0 Å². The molecule has 1 aliphatic heterocycles. The van der Waals surface area contributed by atoms with E-state index in [4.69, 9.17) is 0 Å². The second kappa shape index (κ2) is 2.33. The van der Waals surface area contributed by atoms with Crippen molar-refractivity contribution in [3.63, 3.8) is 0 Å². The Morgan fingerprint density at radius 2 is 2.08 bits per heavy atom. The molecular formula is C11H13N. The summed E-state index contributed by atoms with van der Waals surface area (Å²) in [4.78, 5) is 0. The average Bonchev–Trinajstić information content (AvgIpc) is 2.82. The maximum absolute atomic E-state index is 3.41. The Balaban J connectivity index is 2.12. The zero-order valence-electron chi connectivity index (χ0n) is 7.14. The van der Waals surface area contributed by atoms with E-state index >= 15 is 0 Å². The summed E-state index contributed by atoms with van der Waals surface area (Å²) >= 11 is 0. The first-order valence-corrected chi connectivity index (χ1v) is 4.76. The topological polar surface area (TPSA) is 12.0 Å². The first kappa shape index (κ1) is 6.67. The molecule has 1 heterocycles. The van der Waals surface area contributed by atoms with Gasteiger partial charge >= 0.3 is 0 Å². The van der Waals surface area contributed by atoms with Crippen LogP contribution < -0.4 is 5.32 Å². The van der Waals surface area contributed by atoms with Gasteiger partial charge in [-0.25, -0.2) is 0 Å². The molecule has 1 heteroatoms. The van der Waals surface area contributed by atoms with Crippen molar-refractivity contribution in [3.05, 3.63) is 34.9 Å². The van der Waals surface area contributed by atoms with Crippen molar-refractivity contribution in [2.75, 3.05) is 0 Å². The van der Waals surface area contributed by atoms with Crippen LogP contribution in [0.15, 0.2) is 18.2 Å². The molecule has 0 radical (unpaired) electrons. The van der Waals surface area contributed by atoms with Crippen molar-refractivity contribution >= 4 is 0 Å². The zero-order valence-corrected chi connectivity index (χ0v) is 7.14. The summed E-state index contributed by atoms with van der Waals surface area (Å²) < 4.78 is 0. The highest BCUT2D eigenvalue weighted by atomic mass is 14.9. The van der Waals surface area contributed by atoms with Gasteiger partial charge in [-0.2, -0.15) is 0 Å². The molecule has 1 nitrogen and oxygen atoms in total. The standard InChI is InChI=1S/C11H13N/c1-2-9-6-12-7-11(9)10(3-1)8-4-5-8/h1-3,8,12H,4-7H2. The third-order valence-corrected chi connectivity index (χ3v) is 2.94. The van der Waals surface area contributed by atoms with Crippen molar-refractivity contribution in [3.8, 4) is 0 Å². The van der Waals surface area contributed by atoms with Gasteiger partial charge in [-0.15, -0.1) is 0 Å². The molecular weight excluding hydrogens is 146 g/mol. The van der Waals surface area contributed by atoms with Crippen molar-refractivity contribution in [2.24, 2.45) is 0 Å². The van der Waals surface area contributed by atoms with Crippen LogP contribution in [0.1, 0.15) is 35.4 Å². The zero-order chi connectivity index (χ0) is 7.97. The van der Waals surface area contributed by atoms with Gasteiger partial charge in [-0.05, 0) is 35.4 Å². The van der Waals surface area contributed by atoms with Crippen LogP contribution in [0.5, 0.6) is 0 Å². The van der Waals surface area contributed by atoms with Crippen LogP contribution in [0, 0.1) is 0 Å². The third kappa shape index (κ3) is 0.896. The first-order valence-electron chi connectivity index (χ1n) is 4.76. The number of nitrogens with one attached hydrogen (secondary N) is 1. The minimum absolute atomic E-state index is 0.903. The molecule has 1 saturated carbocycles. The maximum atomic E-state index is 3.41. The van der Waals surface area contributed by atoms with Crippen LogP contribution in [0.3, 0.4) is 0 Å². The molecule has 12 heavy (non-hydrogen) atoms. The summed E-state index contributed by atoms with van der Waals surface area (Å²) in [5.41, 5.74) is 4.75. The number of hydrogen-bond acceptors (Lipinski definition) is 1. The number of rotatable bonds is 1. The van der Waals surface area contributed by atoms with Crippen LogP contribution in [-0.2, 0) is 13.1 Å². The lowest BCUT2D eigenvalue weighted by Crippen LogP contribution is -2.00. The molecule has 1 aromatic rings. The highest BCUT2D eigenvalue weighted by Gasteiger charge is 2.27. The van der Waals surface area contributed by atoms with E-state index in [-0.39, 0.29) is 0 Å². The van der Waals surface area contributed by atoms with Gasteiger partial charge in [-0.1, -0.05) is 18.2 Å². The monoisotopic (exact) mass is 159 g/mol. The van der Waals surface area contributed by atoms with Crippen molar-refractivity contribution in [2.45, 2.75) is 31.8 Å². The van der Waals surface area contributed by atoms with Crippen molar-refractivity contribution in [1.29, 1.82) is 0 Å². The molecule has 1 N–H and O–H groups in total. The summed E-state index contributed by atoms with van der Waals surface area (Å²) in [7, 11) is 0. The van der Waals surface area contributed by atoms with Crippen LogP contribution in [0.25, 0.3) is 0 Å². The van der Waals surface area contributed by atoms with E-state index in [9.17, 15) is 0 Å². The Labute approximate surface area is 72.8 Å². The Morgan fingerprint density at radius 1 is 1.17 bits per heavy atom. The summed E-state index contributed by atoms with van der Waals surface area (Å²) in [5, 5.41) is 3.41. The van der Waals surface area contributed by atoms with E-state index in [0.717, 1.165) is 19.0 Å². The Morgan fingerprint density at radius 3 is 2.92 bits per heavy atom. The second-order valence-electron chi connectivity index (χ2n) is 3.86. The van der Waals surface area contributed by atoms with E-state index in [0.29, 0.717) is 0 Å². The second-order valence-corrected chi connectivity index (χ2v) is 3.86. The number of fused-ring (bicyclic) bond motifs is 1. The molecule has 0 bridgehead atoms. The van der Waals surface area contributed by atoms with Crippen LogP contribution in [-0.4, -0.2) is 0 Å². The summed E-state index contributed by atoms with van der Waals surface area (Å²) in [5.74, 6) is 0.903. The van der Waals surface area contributed by atoms with E-state index < -0.39 is 0 Å². The van der Waals surface area contributed by atoms with Gasteiger partial charge < -0.3 is 5.32 Å². The molecule has 1 fully saturated rings. The number of hydrogen-bond donors (Lipinski definition) is 1. The van der Waals surface area contributed by atoms with E-state index in [1.165, 1.54) is 18.4 Å². The van der Waals surface area contributed by atoms with Gasteiger partial charge in [0.2, 0.25) is 0 Å². The maximum Gasteiger partial charge on any atom is 0.0214 e. The van der Waals surface area contributed by atoms with E-state index in [1.807, 2.05) is 0 Å². The van der Waals surface area contributed by atoms with Gasteiger partial charge in [0.1, 0.15) is 0 Å². The van der Waals surface area contributed by atoms with Crippen LogP contribution >= 0.6 is 0 Å². The van der Waals surface area contributed by atoms with E-state index in [2.05, 4.69) is 23.5 Å². The van der Waals surface area contributed by atoms with Crippen LogP contribution in [0.4, 0.5) is 0 Å².